The van der Waals surface area contributed by atoms with Gasteiger partial charge < -0.3 is 79.6 Å². The average molecular weight is 1340 g/mol. The van der Waals surface area contributed by atoms with E-state index in [0.717, 1.165) is 60.8 Å². The maximum absolute atomic E-state index is 13.0. The van der Waals surface area contributed by atoms with E-state index in [1.165, 1.54) is 44.9 Å². The summed E-state index contributed by atoms with van der Waals surface area (Å²) in [6, 6.07) is 13.8. The Kier molecular flexibility index (Phi) is 43.1. The fraction of sp³-hybridized carbons (Fsp3) is 0.700. The second-order valence-corrected chi connectivity index (χ2v) is 25.5. The molecule has 6 amide bonds. The number of benzene rings is 2. The normalized spacial score (nSPS) is 12.6. The van der Waals surface area contributed by atoms with E-state index in [0.29, 0.717) is 38.6 Å². The molecule has 2 atom stereocenters. The van der Waals surface area contributed by atoms with Crippen LogP contribution in [0.2, 0.25) is 0 Å². The van der Waals surface area contributed by atoms with Crippen LogP contribution in [-0.4, -0.2) is 194 Å². The summed E-state index contributed by atoms with van der Waals surface area (Å²) in [5.41, 5.74) is 3.10. The van der Waals surface area contributed by atoms with E-state index < -0.39 is 41.3 Å². The molecule has 7 N–H and O–H groups in total. The molecule has 2 aromatic rings. The SMILES string of the molecule is CC(C)(C)OC(=O)CCCCCCCCCCCCCCCCC(=O)N[C@H](CCC(=O)NCCOCCOCC(=O)NCCOCCOCC(=O)NCCOCCOCC(=O)NCCCC[C@@H](NC(=O)OCC1c2ccccc2-c2ccccc21)C(=O)O)C(=O)OC(C)(C)C. The number of unbranched alkanes of at least 4 members (excludes halogenated alkanes) is 14. The molecule has 0 saturated heterocycles. The van der Waals surface area contributed by atoms with Crippen LogP contribution in [0.3, 0.4) is 0 Å². The van der Waals surface area contributed by atoms with Gasteiger partial charge in [-0.3, -0.25) is 28.8 Å². The first kappa shape index (κ1) is 82.5. The van der Waals surface area contributed by atoms with Crippen molar-refractivity contribution in [3.05, 3.63) is 59.7 Å². The number of esters is 2. The minimum absolute atomic E-state index is 0.00434. The molecule has 0 heterocycles. The average Bonchev–Trinajstić information content (AvgIpc) is 1.62. The summed E-state index contributed by atoms with van der Waals surface area (Å²) >= 11 is 0. The predicted octanol–water partition coefficient (Wildman–Crippen LogP) is 7.90. The first-order chi connectivity index (χ1) is 45.6. The van der Waals surface area contributed by atoms with Crippen LogP contribution in [-0.2, 0) is 81.0 Å². The zero-order valence-electron chi connectivity index (χ0n) is 57.5. The molecule has 0 spiro atoms. The molecule has 0 aromatic heterocycles. The first-order valence-corrected chi connectivity index (χ1v) is 34.2. The maximum atomic E-state index is 13.0. The second-order valence-electron chi connectivity index (χ2n) is 25.5. The largest absolute Gasteiger partial charge is 0.480 e. The first-order valence-electron chi connectivity index (χ1n) is 34.2. The molecule has 3 rings (SSSR count). The molecule has 536 valence electrons. The van der Waals surface area contributed by atoms with Gasteiger partial charge in [0.15, 0.2) is 0 Å². The van der Waals surface area contributed by atoms with Crippen LogP contribution in [0.5, 0.6) is 0 Å². The highest BCUT2D eigenvalue weighted by molar-refractivity contribution is 5.86. The Morgan fingerprint density at radius 2 is 0.821 bits per heavy atom. The number of carboxylic acids is 1. The Morgan fingerprint density at radius 3 is 1.27 bits per heavy atom. The number of fused-ring (bicyclic) bond motifs is 3. The minimum atomic E-state index is -1.18. The van der Waals surface area contributed by atoms with Gasteiger partial charge in [0.1, 0.15) is 49.7 Å². The Balaban J connectivity index is 1.05. The highest BCUT2D eigenvalue weighted by atomic mass is 16.6. The highest BCUT2D eigenvalue weighted by Gasteiger charge is 2.31. The third-order valence-electron chi connectivity index (χ3n) is 14.8. The summed E-state index contributed by atoms with van der Waals surface area (Å²) in [6.45, 7) is 13.1. The number of carboxylic acid groups (broad SMARTS) is 1. The van der Waals surface area contributed by atoms with Gasteiger partial charge in [0.05, 0.1) is 59.5 Å². The number of carbonyl (C=O) groups excluding carboxylic acids is 8. The predicted molar refractivity (Wildman–Crippen MR) is 357 cm³/mol. The van der Waals surface area contributed by atoms with Crippen LogP contribution >= 0.6 is 0 Å². The van der Waals surface area contributed by atoms with Gasteiger partial charge in [0.25, 0.3) is 0 Å². The van der Waals surface area contributed by atoms with Crippen molar-refractivity contribution in [2.45, 2.75) is 206 Å². The summed E-state index contributed by atoms with van der Waals surface area (Å²) in [7, 11) is 0. The molecule has 25 heteroatoms. The van der Waals surface area contributed by atoms with Crippen LogP contribution < -0.4 is 31.9 Å². The van der Waals surface area contributed by atoms with Crippen molar-refractivity contribution in [3.8, 4) is 11.1 Å². The van der Waals surface area contributed by atoms with Gasteiger partial charge in [-0.1, -0.05) is 126 Å². The zero-order chi connectivity index (χ0) is 69.4. The summed E-state index contributed by atoms with van der Waals surface area (Å²) in [5.74, 6) is -3.60. The summed E-state index contributed by atoms with van der Waals surface area (Å²) in [6.07, 6.45) is 16.6. The zero-order valence-corrected chi connectivity index (χ0v) is 57.5. The van der Waals surface area contributed by atoms with Crippen LogP contribution in [0.15, 0.2) is 48.5 Å². The molecule has 0 saturated carbocycles. The van der Waals surface area contributed by atoms with Gasteiger partial charge in [0, 0.05) is 51.4 Å². The van der Waals surface area contributed by atoms with Gasteiger partial charge in [-0.25, -0.2) is 14.4 Å². The van der Waals surface area contributed by atoms with Gasteiger partial charge in [-0.05, 0) is 102 Å². The van der Waals surface area contributed by atoms with E-state index in [-0.39, 0.29) is 166 Å². The van der Waals surface area contributed by atoms with Crippen molar-refractivity contribution in [1.82, 2.24) is 31.9 Å². The Morgan fingerprint density at radius 1 is 0.411 bits per heavy atom. The molecule has 1 aliphatic rings. The third-order valence-corrected chi connectivity index (χ3v) is 14.8. The van der Waals surface area contributed by atoms with Crippen molar-refractivity contribution in [2.24, 2.45) is 0 Å². The fourth-order valence-electron chi connectivity index (χ4n) is 10.2. The number of alkyl carbamates (subject to hydrolysis) is 1. The molecular weight excluding hydrogens is 1230 g/mol. The van der Waals surface area contributed by atoms with Crippen LogP contribution in [0.4, 0.5) is 4.79 Å². The summed E-state index contributed by atoms with van der Waals surface area (Å²) in [5, 5.41) is 25.7. The topological polar surface area (TPSA) is 329 Å². The van der Waals surface area contributed by atoms with Crippen molar-refractivity contribution < 1.29 is 90.9 Å². The number of amides is 6. The van der Waals surface area contributed by atoms with Gasteiger partial charge in [0.2, 0.25) is 29.5 Å². The number of hydrogen-bond acceptors (Lipinski definition) is 18. The summed E-state index contributed by atoms with van der Waals surface area (Å²) < 4.78 is 48.8. The smallest absolute Gasteiger partial charge is 0.407 e. The fourth-order valence-corrected chi connectivity index (χ4v) is 10.2. The van der Waals surface area contributed by atoms with E-state index in [4.69, 9.17) is 42.6 Å². The Labute approximate surface area is 562 Å². The molecule has 2 aromatic carbocycles. The van der Waals surface area contributed by atoms with Crippen LogP contribution in [0.1, 0.15) is 193 Å². The standard InChI is InChI=1S/C70H112N6O19/c1-69(2,3)94-65(82)33-20-18-16-14-12-10-8-7-9-11-13-15-17-19-32-61(78)75-59(67(85)95-70(4,5)6)34-35-60(77)72-37-40-87-43-47-91-51-63(80)74-39-42-89-45-48-92-52-64(81)73-38-41-88-44-46-90-50-62(79)71-36-26-25-31-58(66(83)84)76-68(86)93-49-57-55-29-23-21-27-53(55)54-28-22-24-30-56(54)57/h21-24,27-30,57-59H,7-20,25-26,31-52H2,1-6H3,(H,71,79)(H,72,77)(H,73,81)(H,74,80)(H,75,78)(H,76,86)(H,83,84)/t58-,59-/m1/s1. The number of aliphatic carboxylic acids is 1. The van der Waals surface area contributed by atoms with Crippen molar-refractivity contribution in [3.63, 3.8) is 0 Å². The van der Waals surface area contributed by atoms with Crippen molar-refractivity contribution in [2.75, 3.05) is 112 Å². The minimum Gasteiger partial charge on any atom is -0.480 e. The molecule has 95 heavy (non-hydrogen) atoms. The van der Waals surface area contributed by atoms with E-state index in [9.17, 15) is 48.3 Å². The van der Waals surface area contributed by atoms with Crippen LogP contribution in [0.25, 0.3) is 11.1 Å². The molecule has 0 bridgehead atoms. The molecule has 0 aliphatic heterocycles. The number of rotatable bonds is 55. The highest BCUT2D eigenvalue weighted by Crippen LogP contribution is 2.44. The number of nitrogens with one attached hydrogen (secondary N) is 6. The van der Waals surface area contributed by atoms with Gasteiger partial charge in [-0.2, -0.15) is 0 Å². The van der Waals surface area contributed by atoms with Crippen molar-refractivity contribution >= 4 is 53.5 Å². The van der Waals surface area contributed by atoms with Crippen LogP contribution in [0, 0.1) is 0 Å². The van der Waals surface area contributed by atoms with E-state index in [2.05, 4.69) is 31.9 Å². The van der Waals surface area contributed by atoms with E-state index >= 15 is 0 Å². The van der Waals surface area contributed by atoms with Gasteiger partial charge in [-0.15, -0.1) is 0 Å². The lowest BCUT2D eigenvalue weighted by Gasteiger charge is -2.24. The van der Waals surface area contributed by atoms with Crippen molar-refractivity contribution in [1.29, 1.82) is 0 Å². The van der Waals surface area contributed by atoms with E-state index in [1.807, 2.05) is 69.3 Å². The second kappa shape index (κ2) is 49.7. The third kappa shape index (κ3) is 41.7. The molecule has 0 fully saturated rings. The lowest BCUT2D eigenvalue weighted by atomic mass is 9.98. The number of hydrogen-bond donors (Lipinski definition) is 7. The molecule has 0 radical (unpaired) electrons. The van der Waals surface area contributed by atoms with E-state index in [1.54, 1.807) is 20.8 Å². The molecule has 25 nitrogen and oxygen atoms in total. The maximum Gasteiger partial charge on any atom is 0.407 e. The molecular formula is C70H112N6O19. The molecule has 0 unspecified atom stereocenters. The Bertz CT molecular complexity index is 2510. The molecule has 1 aliphatic carbocycles. The summed E-state index contributed by atoms with van der Waals surface area (Å²) in [4.78, 5) is 111. The lowest BCUT2D eigenvalue weighted by Crippen LogP contribution is -2.44. The number of ether oxygens (including phenoxy) is 9. The monoisotopic (exact) mass is 1340 g/mol. The Hall–Kier alpha value is -6.77. The lowest BCUT2D eigenvalue weighted by molar-refractivity contribution is -0.159. The number of carbonyl (C=O) groups is 9. The van der Waals surface area contributed by atoms with Gasteiger partial charge >= 0.3 is 24.0 Å². The quantitative estimate of drug-likeness (QED) is 0.0188.